The standard InChI is InChI=1S/C13H19FN2O2S/c1-9-10(14)5-4-6-11(9)16-12(17)15-7-13(2,18)8-19-3/h4-6,18H,7-8H2,1-3H3,(H2,15,16,17). The number of rotatable bonds is 5. The van der Waals surface area contributed by atoms with Crippen LogP contribution in [0.15, 0.2) is 18.2 Å². The van der Waals surface area contributed by atoms with Crippen LogP contribution in [0, 0.1) is 12.7 Å². The van der Waals surface area contributed by atoms with Gasteiger partial charge in [0.1, 0.15) is 5.82 Å². The van der Waals surface area contributed by atoms with E-state index in [0.717, 1.165) is 0 Å². The van der Waals surface area contributed by atoms with Crippen LogP contribution in [-0.2, 0) is 0 Å². The number of thioether (sulfide) groups is 1. The number of anilines is 1. The maximum Gasteiger partial charge on any atom is 0.319 e. The van der Waals surface area contributed by atoms with Gasteiger partial charge in [0.05, 0.1) is 5.60 Å². The number of aliphatic hydroxyl groups is 1. The van der Waals surface area contributed by atoms with Gasteiger partial charge in [0.25, 0.3) is 0 Å². The number of hydrogen-bond acceptors (Lipinski definition) is 3. The number of carbonyl (C=O) groups excluding carboxylic acids is 1. The first-order valence-electron chi connectivity index (χ1n) is 5.87. The third kappa shape index (κ3) is 5.08. The van der Waals surface area contributed by atoms with Crippen LogP contribution in [-0.4, -0.2) is 35.3 Å². The first-order chi connectivity index (χ1) is 8.85. The summed E-state index contributed by atoms with van der Waals surface area (Å²) in [4.78, 5) is 11.7. The Balaban J connectivity index is 2.54. The van der Waals surface area contributed by atoms with Crippen LogP contribution in [0.2, 0.25) is 0 Å². The topological polar surface area (TPSA) is 61.4 Å². The Morgan fingerprint density at radius 1 is 1.53 bits per heavy atom. The van der Waals surface area contributed by atoms with Gasteiger partial charge in [-0.2, -0.15) is 11.8 Å². The van der Waals surface area contributed by atoms with Gasteiger partial charge in [0.2, 0.25) is 0 Å². The molecule has 0 radical (unpaired) electrons. The highest BCUT2D eigenvalue weighted by molar-refractivity contribution is 7.98. The summed E-state index contributed by atoms with van der Waals surface area (Å²) in [6, 6.07) is 4.02. The number of benzene rings is 1. The van der Waals surface area contributed by atoms with Crippen LogP contribution in [0.1, 0.15) is 12.5 Å². The lowest BCUT2D eigenvalue weighted by Crippen LogP contribution is -2.44. The highest BCUT2D eigenvalue weighted by Gasteiger charge is 2.20. The summed E-state index contributed by atoms with van der Waals surface area (Å²) in [6.07, 6.45) is 1.88. The fraction of sp³-hybridized carbons (Fsp3) is 0.462. The number of halogens is 1. The van der Waals surface area contributed by atoms with Crippen molar-refractivity contribution >= 4 is 23.5 Å². The highest BCUT2D eigenvalue weighted by Crippen LogP contribution is 2.17. The Labute approximate surface area is 116 Å². The fourth-order valence-corrected chi connectivity index (χ4v) is 2.27. The van der Waals surface area contributed by atoms with Crippen LogP contribution < -0.4 is 10.6 Å². The van der Waals surface area contributed by atoms with Gasteiger partial charge in [-0.25, -0.2) is 9.18 Å². The maximum atomic E-state index is 13.3. The second kappa shape index (κ2) is 6.77. The Kier molecular flexibility index (Phi) is 5.62. The molecular formula is C13H19FN2O2S. The lowest BCUT2D eigenvalue weighted by molar-refractivity contribution is 0.0876. The average Bonchev–Trinajstić information content (AvgIpc) is 2.33. The van der Waals surface area contributed by atoms with Gasteiger partial charge in [-0.05, 0) is 32.2 Å². The van der Waals surface area contributed by atoms with E-state index in [1.807, 2.05) is 6.26 Å². The van der Waals surface area contributed by atoms with Gasteiger partial charge in [-0.3, -0.25) is 0 Å². The summed E-state index contributed by atoms with van der Waals surface area (Å²) in [6.45, 7) is 3.38. The van der Waals surface area contributed by atoms with E-state index in [9.17, 15) is 14.3 Å². The van der Waals surface area contributed by atoms with Crippen molar-refractivity contribution in [1.82, 2.24) is 5.32 Å². The predicted octanol–water partition coefficient (Wildman–Crippen LogP) is 2.37. The molecule has 0 aliphatic carbocycles. The normalized spacial score (nSPS) is 13.7. The van der Waals surface area contributed by atoms with Gasteiger partial charge in [0, 0.05) is 23.5 Å². The van der Waals surface area contributed by atoms with Crippen molar-refractivity contribution in [2.24, 2.45) is 0 Å². The quantitative estimate of drug-likeness (QED) is 0.779. The molecule has 106 valence electrons. The molecule has 1 unspecified atom stereocenters. The second-order valence-corrected chi connectivity index (χ2v) is 5.52. The van der Waals surface area contributed by atoms with E-state index in [0.29, 0.717) is 17.0 Å². The lowest BCUT2D eigenvalue weighted by atomic mass is 10.1. The summed E-state index contributed by atoms with van der Waals surface area (Å²) < 4.78 is 13.3. The van der Waals surface area contributed by atoms with Crippen LogP contribution >= 0.6 is 11.8 Å². The van der Waals surface area contributed by atoms with E-state index in [2.05, 4.69) is 10.6 Å². The van der Waals surface area contributed by atoms with Gasteiger partial charge in [-0.15, -0.1) is 0 Å². The fourth-order valence-electron chi connectivity index (χ4n) is 1.54. The van der Waals surface area contributed by atoms with Crippen molar-refractivity contribution in [3.8, 4) is 0 Å². The third-order valence-corrected chi connectivity index (χ3v) is 3.51. The van der Waals surface area contributed by atoms with Crippen molar-refractivity contribution < 1.29 is 14.3 Å². The maximum absolute atomic E-state index is 13.3. The molecule has 0 aliphatic rings. The monoisotopic (exact) mass is 286 g/mol. The molecular weight excluding hydrogens is 267 g/mol. The zero-order valence-corrected chi connectivity index (χ0v) is 12.1. The number of carbonyl (C=O) groups is 1. The molecule has 1 atom stereocenters. The summed E-state index contributed by atoms with van der Waals surface area (Å²) in [5, 5.41) is 15.0. The third-order valence-electron chi connectivity index (χ3n) is 2.60. The minimum atomic E-state index is -0.965. The van der Waals surface area contributed by atoms with Gasteiger partial charge in [0.15, 0.2) is 0 Å². The van der Waals surface area contributed by atoms with E-state index in [1.54, 1.807) is 19.9 Å². The Morgan fingerprint density at radius 2 is 2.21 bits per heavy atom. The van der Waals surface area contributed by atoms with Crippen molar-refractivity contribution in [1.29, 1.82) is 0 Å². The molecule has 1 aromatic carbocycles. The van der Waals surface area contributed by atoms with E-state index >= 15 is 0 Å². The molecule has 0 aliphatic heterocycles. The molecule has 1 rings (SSSR count). The molecule has 0 aromatic heterocycles. The molecule has 0 saturated heterocycles. The van der Waals surface area contributed by atoms with Crippen LogP contribution in [0.4, 0.5) is 14.9 Å². The van der Waals surface area contributed by atoms with Crippen molar-refractivity contribution in [3.05, 3.63) is 29.6 Å². The summed E-state index contributed by atoms with van der Waals surface area (Å²) >= 11 is 1.50. The van der Waals surface area contributed by atoms with Gasteiger partial charge >= 0.3 is 6.03 Å². The SMILES string of the molecule is CSCC(C)(O)CNC(=O)Nc1cccc(F)c1C. The largest absolute Gasteiger partial charge is 0.387 e. The van der Waals surface area contributed by atoms with Crippen LogP contribution in [0.3, 0.4) is 0 Å². The molecule has 0 fully saturated rings. The number of hydrogen-bond donors (Lipinski definition) is 3. The molecule has 0 bridgehead atoms. The molecule has 0 spiro atoms. The highest BCUT2D eigenvalue weighted by atomic mass is 32.2. The zero-order valence-electron chi connectivity index (χ0n) is 11.3. The predicted molar refractivity (Wildman–Crippen MR) is 77.2 cm³/mol. The minimum absolute atomic E-state index is 0.133. The second-order valence-electron chi connectivity index (χ2n) is 4.65. The number of urea groups is 1. The van der Waals surface area contributed by atoms with Gasteiger partial charge in [-0.1, -0.05) is 6.07 Å². The Bertz CT molecular complexity index is 452. The van der Waals surface area contributed by atoms with Gasteiger partial charge < -0.3 is 15.7 Å². The lowest BCUT2D eigenvalue weighted by Gasteiger charge is -2.22. The number of amides is 2. The zero-order chi connectivity index (χ0) is 14.5. The van der Waals surface area contributed by atoms with E-state index in [1.165, 1.54) is 23.9 Å². The molecule has 19 heavy (non-hydrogen) atoms. The average molecular weight is 286 g/mol. The minimum Gasteiger partial charge on any atom is -0.387 e. The van der Waals surface area contributed by atoms with Crippen LogP contribution in [0.5, 0.6) is 0 Å². The first kappa shape index (κ1) is 15.8. The summed E-state index contributed by atoms with van der Waals surface area (Å²) in [5.41, 5.74) is -0.163. The summed E-state index contributed by atoms with van der Waals surface area (Å²) in [5.74, 6) is 0.152. The molecule has 3 N–H and O–H groups in total. The van der Waals surface area contributed by atoms with Crippen molar-refractivity contribution in [2.75, 3.05) is 23.9 Å². The smallest absolute Gasteiger partial charge is 0.319 e. The molecule has 2 amide bonds. The van der Waals surface area contributed by atoms with Crippen molar-refractivity contribution in [2.45, 2.75) is 19.4 Å². The van der Waals surface area contributed by atoms with E-state index in [4.69, 9.17) is 0 Å². The van der Waals surface area contributed by atoms with E-state index in [-0.39, 0.29) is 12.4 Å². The summed E-state index contributed by atoms with van der Waals surface area (Å²) in [7, 11) is 0. The molecule has 0 saturated carbocycles. The molecule has 1 aromatic rings. The molecule has 0 heterocycles. The Morgan fingerprint density at radius 3 is 2.84 bits per heavy atom. The molecule has 6 heteroatoms. The Hall–Kier alpha value is -1.27. The molecule has 4 nitrogen and oxygen atoms in total. The number of nitrogens with one attached hydrogen (secondary N) is 2. The van der Waals surface area contributed by atoms with E-state index < -0.39 is 11.6 Å². The first-order valence-corrected chi connectivity index (χ1v) is 7.26. The van der Waals surface area contributed by atoms with Crippen LogP contribution in [0.25, 0.3) is 0 Å². The van der Waals surface area contributed by atoms with Crippen molar-refractivity contribution in [3.63, 3.8) is 0 Å².